The molecule has 0 spiro atoms. The lowest BCUT2D eigenvalue weighted by Gasteiger charge is -2.11. The van der Waals surface area contributed by atoms with Gasteiger partial charge in [0, 0.05) is 0 Å². The largest absolute Gasteiger partial charge is 0.490 e. The monoisotopic (exact) mass is 248 g/mol. The molecule has 0 fully saturated rings. The van der Waals surface area contributed by atoms with E-state index in [9.17, 15) is 4.79 Å². The van der Waals surface area contributed by atoms with Crippen molar-refractivity contribution in [1.82, 2.24) is 0 Å². The highest BCUT2D eigenvalue weighted by atomic mass is 16.5. The molecule has 0 unspecified atom stereocenters. The molecule has 0 atom stereocenters. The van der Waals surface area contributed by atoms with Crippen LogP contribution in [-0.2, 0) is 4.74 Å². The Balaban J connectivity index is 2.86. The first-order valence-corrected chi connectivity index (χ1v) is 6.07. The van der Waals surface area contributed by atoms with Gasteiger partial charge in [0.25, 0.3) is 0 Å². The number of allylic oxidation sites excluding steroid dienone is 1. The van der Waals surface area contributed by atoms with Gasteiger partial charge in [-0.3, -0.25) is 0 Å². The van der Waals surface area contributed by atoms with Gasteiger partial charge in [-0.15, -0.1) is 0 Å². The molecule has 0 aliphatic carbocycles. The maximum absolute atomic E-state index is 11.6. The highest BCUT2D eigenvalue weighted by Crippen LogP contribution is 2.22. The minimum atomic E-state index is -0.303. The number of ether oxygens (including phenoxy) is 2. The van der Waals surface area contributed by atoms with E-state index in [-0.39, 0.29) is 5.97 Å². The van der Waals surface area contributed by atoms with E-state index in [2.05, 4.69) is 13.0 Å². The van der Waals surface area contributed by atoms with Crippen LogP contribution in [0.25, 0.3) is 0 Å². The number of rotatable bonds is 5. The molecule has 18 heavy (non-hydrogen) atoms. The molecule has 0 aliphatic heterocycles. The molecule has 1 aromatic carbocycles. The second-order valence-corrected chi connectivity index (χ2v) is 4.11. The van der Waals surface area contributed by atoms with Crippen LogP contribution in [0.2, 0.25) is 0 Å². The maximum Gasteiger partial charge on any atom is 0.338 e. The van der Waals surface area contributed by atoms with Crippen molar-refractivity contribution in [2.24, 2.45) is 0 Å². The molecular weight excluding hydrogens is 228 g/mol. The molecule has 0 saturated heterocycles. The van der Waals surface area contributed by atoms with E-state index in [1.165, 1.54) is 7.11 Å². The third kappa shape index (κ3) is 3.62. The highest BCUT2D eigenvalue weighted by Gasteiger charge is 2.13. The SMILES string of the molecule is CC/C=C\COc1cc(C)c(C(=O)OC)c(C)c1. The second-order valence-electron chi connectivity index (χ2n) is 4.11. The molecule has 98 valence electrons. The summed E-state index contributed by atoms with van der Waals surface area (Å²) in [4.78, 5) is 11.6. The molecule has 1 rings (SSSR count). The minimum absolute atomic E-state index is 0.303. The molecule has 0 heterocycles. The van der Waals surface area contributed by atoms with Crippen LogP contribution in [0.4, 0.5) is 0 Å². The Morgan fingerprint density at radius 1 is 1.22 bits per heavy atom. The lowest BCUT2D eigenvalue weighted by Crippen LogP contribution is -2.07. The first-order chi connectivity index (χ1) is 8.60. The second kappa shape index (κ2) is 6.84. The molecule has 0 saturated carbocycles. The maximum atomic E-state index is 11.6. The van der Waals surface area contributed by atoms with Gasteiger partial charge in [0.05, 0.1) is 12.7 Å². The van der Waals surface area contributed by atoms with Crippen molar-refractivity contribution in [1.29, 1.82) is 0 Å². The summed E-state index contributed by atoms with van der Waals surface area (Å²) in [7, 11) is 1.39. The number of benzene rings is 1. The Bertz CT molecular complexity index is 424. The third-order valence-electron chi connectivity index (χ3n) is 2.64. The smallest absolute Gasteiger partial charge is 0.338 e. The molecule has 1 aromatic rings. The average Bonchev–Trinajstić information content (AvgIpc) is 2.33. The van der Waals surface area contributed by atoms with E-state index < -0.39 is 0 Å². The summed E-state index contributed by atoms with van der Waals surface area (Å²) in [5, 5.41) is 0. The Labute approximate surface area is 108 Å². The van der Waals surface area contributed by atoms with Crippen LogP contribution in [0.3, 0.4) is 0 Å². The van der Waals surface area contributed by atoms with E-state index in [0.29, 0.717) is 12.2 Å². The highest BCUT2D eigenvalue weighted by molar-refractivity contribution is 5.92. The van der Waals surface area contributed by atoms with E-state index >= 15 is 0 Å². The van der Waals surface area contributed by atoms with Crippen molar-refractivity contribution in [3.05, 3.63) is 41.0 Å². The summed E-state index contributed by atoms with van der Waals surface area (Å²) in [6, 6.07) is 3.72. The number of methoxy groups -OCH3 is 1. The fourth-order valence-corrected chi connectivity index (χ4v) is 1.81. The fraction of sp³-hybridized carbons (Fsp3) is 0.400. The minimum Gasteiger partial charge on any atom is -0.490 e. The predicted molar refractivity (Wildman–Crippen MR) is 72.2 cm³/mol. The number of hydrogen-bond acceptors (Lipinski definition) is 3. The molecule has 3 nitrogen and oxygen atoms in total. The van der Waals surface area contributed by atoms with Gasteiger partial charge in [-0.05, 0) is 43.5 Å². The van der Waals surface area contributed by atoms with Gasteiger partial charge >= 0.3 is 5.97 Å². The van der Waals surface area contributed by atoms with E-state index in [0.717, 1.165) is 23.3 Å². The summed E-state index contributed by atoms with van der Waals surface area (Å²) >= 11 is 0. The van der Waals surface area contributed by atoms with Crippen molar-refractivity contribution < 1.29 is 14.3 Å². The van der Waals surface area contributed by atoms with Crippen LogP contribution in [-0.4, -0.2) is 19.7 Å². The summed E-state index contributed by atoms with van der Waals surface area (Å²) in [5.74, 6) is 0.473. The van der Waals surface area contributed by atoms with Gasteiger partial charge in [-0.2, -0.15) is 0 Å². The van der Waals surface area contributed by atoms with Crippen LogP contribution in [0.5, 0.6) is 5.75 Å². The first-order valence-electron chi connectivity index (χ1n) is 6.07. The topological polar surface area (TPSA) is 35.5 Å². The van der Waals surface area contributed by atoms with Gasteiger partial charge in [0.15, 0.2) is 0 Å². The van der Waals surface area contributed by atoms with Crippen LogP contribution in [0.15, 0.2) is 24.3 Å². The third-order valence-corrected chi connectivity index (χ3v) is 2.64. The van der Waals surface area contributed by atoms with Crippen molar-refractivity contribution in [2.75, 3.05) is 13.7 Å². The zero-order valence-electron chi connectivity index (χ0n) is 11.4. The van der Waals surface area contributed by atoms with E-state index in [4.69, 9.17) is 9.47 Å². The van der Waals surface area contributed by atoms with E-state index in [1.807, 2.05) is 32.1 Å². The lowest BCUT2D eigenvalue weighted by atomic mass is 10.0. The molecule has 0 radical (unpaired) electrons. The van der Waals surface area contributed by atoms with Crippen LogP contribution < -0.4 is 4.74 Å². The zero-order valence-corrected chi connectivity index (χ0v) is 11.4. The Morgan fingerprint density at radius 3 is 2.33 bits per heavy atom. The average molecular weight is 248 g/mol. The number of carbonyl (C=O) groups is 1. The molecule has 0 amide bonds. The summed E-state index contributed by atoms with van der Waals surface area (Å²) in [6.45, 7) is 6.39. The molecule has 0 aromatic heterocycles. The fourth-order valence-electron chi connectivity index (χ4n) is 1.81. The molecule has 0 N–H and O–H groups in total. The Kier molecular flexibility index (Phi) is 5.43. The van der Waals surface area contributed by atoms with Crippen LogP contribution in [0.1, 0.15) is 34.8 Å². The lowest BCUT2D eigenvalue weighted by molar-refractivity contribution is 0.0599. The van der Waals surface area contributed by atoms with Gasteiger partial charge in [-0.25, -0.2) is 4.79 Å². The predicted octanol–water partition coefficient (Wildman–Crippen LogP) is 3.44. The van der Waals surface area contributed by atoms with Crippen molar-refractivity contribution in [3.63, 3.8) is 0 Å². The summed E-state index contributed by atoms with van der Waals surface area (Å²) in [5.41, 5.74) is 2.36. The number of aryl methyl sites for hydroxylation is 2. The first kappa shape index (κ1) is 14.3. The number of hydrogen-bond donors (Lipinski definition) is 0. The quantitative estimate of drug-likeness (QED) is 0.591. The number of carbonyl (C=O) groups excluding carboxylic acids is 1. The molecule has 0 aliphatic rings. The van der Waals surface area contributed by atoms with Crippen molar-refractivity contribution in [2.45, 2.75) is 27.2 Å². The molecular formula is C15H20O3. The van der Waals surface area contributed by atoms with Gasteiger partial charge in [0.1, 0.15) is 12.4 Å². The Hall–Kier alpha value is -1.77. The van der Waals surface area contributed by atoms with Gasteiger partial charge < -0.3 is 9.47 Å². The standard InChI is InChI=1S/C15H20O3/c1-5-6-7-8-18-13-9-11(2)14(12(3)10-13)15(16)17-4/h6-7,9-10H,5,8H2,1-4H3/b7-6-. The summed E-state index contributed by atoms with van der Waals surface area (Å²) in [6.07, 6.45) is 5.05. The molecule has 3 heteroatoms. The molecule has 0 bridgehead atoms. The zero-order chi connectivity index (χ0) is 13.5. The van der Waals surface area contributed by atoms with Gasteiger partial charge in [-0.1, -0.05) is 19.1 Å². The Morgan fingerprint density at radius 2 is 1.83 bits per heavy atom. The van der Waals surface area contributed by atoms with Crippen molar-refractivity contribution in [3.8, 4) is 5.75 Å². The van der Waals surface area contributed by atoms with Crippen molar-refractivity contribution >= 4 is 5.97 Å². The van der Waals surface area contributed by atoms with Gasteiger partial charge in [0.2, 0.25) is 0 Å². The van der Waals surface area contributed by atoms with Crippen LogP contribution >= 0.6 is 0 Å². The normalized spacial score (nSPS) is 10.7. The summed E-state index contributed by atoms with van der Waals surface area (Å²) < 4.78 is 10.4. The van der Waals surface area contributed by atoms with E-state index in [1.54, 1.807) is 0 Å². The van der Waals surface area contributed by atoms with Crippen LogP contribution in [0, 0.1) is 13.8 Å². The number of esters is 1.